The van der Waals surface area contributed by atoms with Crippen LogP contribution in [0.5, 0.6) is 0 Å². The first-order chi connectivity index (χ1) is 3.21. The Labute approximate surface area is 87.6 Å². The van der Waals surface area contributed by atoms with Gasteiger partial charge in [0.25, 0.3) is 0 Å². The van der Waals surface area contributed by atoms with Gasteiger partial charge in [0.15, 0.2) is 0 Å². The summed E-state index contributed by atoms with van der Waals surface area (Å²) in [6.45, 7) is 0. The maximum atomic E-state index is 9.74. The molecule has 0 N–H and O–H groups in total. The van der Waals surface area contributed by atoms with Gasteiger partial charge in [0.1, 0.15) is 0 Å². The average molecular weight is 167 g/mol. The predicted molar refractivity (Wildman–Crippen MR) is 19.0 cm³/mol. The molecule has 0 spiro atoms. The van der Waals surface area contributed by atoms with Crippen molar-refractivity contribution in [3.8, 4) is 0 Å². The van der Waals surface area contributed by atoms with E-state index < -0.39 is 10.4 Å². The summed E-state index contributed by atoms with van der Waals surface area (Å²) in [6.07, 6.45) is 0. The molecule has 0 amide bonds. The molecule has 8 heavy (non-hydrogen) atoms. The molecular formula is KO6S. The molecule has 0 atom stereocenters. The van der Waals surface area contributed by atoms with Gasteiger partial charge >= 0.3 is 10.4 Å². The molecule has 1 fully saturated rings. The van der Waals surface area contributed by atoms with Gasteiger partial charge in [0, 0.05) is 51.4 Å². The van der Waals surface area contributed by atoms with Crippen LogP contribution in [0.2, 0.25) is 0 Å². The van der Waals surface area contributed by atoms with Crippen molar-refractivity contribution in [3.05, 3.63) is 0 Å². The van der Waals surface area contributed by atoms with Crippen molar-refractivity contribution in [1.29, 1.82) is 0 Å². The summed E-state index contributed by atoms with van der Waals surface area (Å²) in [5.74, 6) is 0. The van der Waals surface area contributed by atoms with Crippen molar-refractivity contribution in [3.63, 3.8) is 0 Å². The second kappa shape index (κ2) is 3.56. The third-order valence-corrected chi connectivity index (χ3v) is 0.694. The Morgan fingerprint density at radius 3 is 1.50 bits per heavy atom. The minimum Gasteiger partial charge on any atom is -0.164 e. The van der Waals surface area contributed by atoms with E-state index >= 15 is 0 Å². The third-order valence-electron chi connectivity index (χ3n) is 0.250. The summed E-state index contributed by atoms with van der Waals surface area (Å²) in [4.78, 5) is 0. The SMILES string of the molecule is O=S1(=O)OOOO1.[K]. The summed E-state index contributed by atoms with van der Waals surface area (Å²) < 4.78 is 26.2. The molecule has 0 aromatic rings. The van der Waals surface area contributed by atoms with E-state index in [1.54, 1.807) is 0 Å². The first-order valence-corrected chi connectivity index (χ1v) is 2.50. The van der Waals surface area contributed by atoms with E-state index in [2.05, 4.69) is 18.7 Å². The Bertz CT molecular complexity index is 132. The van der Waals surface area contributed by atoms with Gasteiger partial charge < -0.3 is 0 Å². The van der Waals surface area contributed by atoms with Crippen LogP contribution >= 0.6 is 0 Å². The fourth-order valence-electron chi connectivity index (χ4n) is 0.102. The fraction of sp³-hybridized carbons (Fsp3) is 0. The van der Waals surface area contributed by atoms with Crippen molar-refractivity contribution < 1.29 is 27.2 Å². The average Bonchev–Trinajstić information content (AvgIpc) is 1.84. The van der Waals surface area contributed by atoms with Crippen LogP contribution in [-0.4, -0.2) is 59.8 Å². The Hall–Kier alpha value is 1.43. The zero-order valence-corrected chi connectivity index (χ0v) is 7.80. The van der Waals surface area contributed by atoms with Crippen molar-refractivity contribution in [1.82, 2.24) is 0 Å². The van der Waals surface area contributed by atoms with Crippen molar-refractivity contribution in [2.45, 2.75) is 0 Å². The van der Waals surface area contributed by atoms with Gasteiger partial charge in [0.2, 0.25) is 0 Å². The largest absolute Gasteiger partial charge is 0.457 e. The van der Waals surface area contributed by atoms with Gasteiger partial charge in [-0.05, 0) is 18.7 Å². The van der Waals surface area contributed by atoms with Crippen molar-refractivity contribution >= 4 is 61.8 Å². The van der Waals surface area contributed by atoms with Gasteiger partial charge in [-0.2, -0.15) is 8.42 Å². The van der Waals surface area contributed by atoms with Gasteiger partial charge in [0.05, 0.1) is 0 Å². The first kappa shape index (κ1) is 9.43. The maximum absolute atomic E-state index is 9.74. The van der Waals surface area contributed by atoms with Gasteiger partial charge in [-0.25, -0.2) is 0 Å². The van der Waals surface area contributed by atoms with Crippen LogP contribution in [0.1, 0.15) is 0 Å². The maximum Gasteiger partial charge on any atom is 0.457 e. The summed E-state index contributed by atoms with van der Waals surface area (Å²) in [5.41, 5.74) is 0. The normalized spacial score (nSPS) is 24.5. The van der Waals surface area contributed by atoms with Crippen LogP contribution < -0.4 is 0 Å². The molecule has 1 radical (unpaired) electrons. The molecule has 43 valence electrons. The number of rotatable bonds is 0. The summed E-state index contributed by atoms with van der Waals surface area (Å²) in [6, 6.07) is 0. The zero-order chi connectivity index (χ0) is 5.33. The van der Waals surface area contributed by atoms with Crippen molar-refractivity contribution in [2.24, 2.45) is 0 Å². The van der Waals surface area contributed by atoms with Crippen LogP contribution in [0.15, 0.2) is 0 Å². The van der Waals surface area contributed by atoms with Crippen LogP contribution in [-0.2, 0) is 29.1 Å². The Balaban J connectivity index is 0.000000490. The second-order valence-electron chi connectivity index (χ2n) is 0.680. The van der Waals surface area contributed by atoms with E-state index in [9.17, 15) is 8.42 Å². The van der Waals surface area contributed by atoms with E-state index in [0.717, 1.165) is 0 Å². The third kappa shape index (κ3) is 2.82. The standard InChI is InChI=1S/K.O6S/c;1-7(2)5-3-4-6-7. The van der Waals surface area contributed by atoms with E-state index in [-0.39, 0.29) is 51.4 Å². The van der Waals surface area contributed by atoms with Crippen LogP contribution in [0.25, 0.3) is 0 Å². The number of hydrogen-bond donors (Lipinski definition) is 0. The minimum absolute atomic E-state index is 0. The van der Waals surface area contributed by atoms with E-state index in [4.69, 9.17) is 0 Å². The molecule has 1 heterocycles. The Morgan fingerprint density at radius 2 is 1.38 bits per heavy atom. The zero-order valence-electron chi connectivity index (χ0n) is 3.86. The molecule has 1 saturated heterocycles. The van der Waals surface area contributed by atoms with Crippen LogP contribution in [0.3, 0.4) is 0 Å². The van der Waals surface area contributed by atoms with Gasteiger partial charge in [-0.3, -0.25) is 0 Å². The molecule has 0 aromatic heterocycles. The van der Waals surface area contributed by atoms with Crippen molar-refractivity contribution in [2.75, 3.05) is 0 Å². The summed E-state index contributed by atoms with van der Waals surface area (Å²) in [7, 11) is -3.99. The summed E-state index contributed by atoms with van der Waals surface area (Å²) in [5, 5.41) is 6.70. The first-order valence-electron chi connectivity index (χ1n) is 1.17. The Morgan fingerprint density at radius 1 is 1.00 bits per heavy atom. The topological polar surface area (TPSA) is 71.1 Å². The summed E-state index contributed by atoms with van der Waals surface area (Å²) >= 11 is 0. The quantitative estimate of drug-likeness (QED) is 0.329. The second-order valence-corrected chi connectivity index (χ2v) is 1.77. The monoisotopic (exact) mass is 167 g/mol. The molecule has 1 aliphatic heterocycles. The Kier molecular flexibility index (Phi) is 4.19. The van der Waals surface area contributed by atoms with Crippen LogP contribution in [0.4, 0.5) is 0 Å². The molecular weight excluding hydrogens is 167 g/mol. The predicted octanol–water partition coefficient (Wildman–Crippen LogP) is -1.32. The van der Waals surface area contributed by atoms with Gasteiger partial charge in [-0.15, -0.1) is 0 Å². The molecule has 0 aromatic carbocycles. The molecule has 1 aliphatic rings. The molecule has 8 heteroatoms. The van der Waals surface area contributed by atoms with Crippen LogP contribution in [0, 0.1) is 0 Å². The van der Waals surface area contributed by atoms with E-state index in [0.29, 0.717) is 0 Å². The number of hydrogen-bond acceptors (Lipinski definition) is 6. The smallest absolute Gasteiger partial charge is 0.164 e. The molecule has 1 rings (SSSR count). The van der Waals surface area contributed by atoms with E-state index in [1.807, 2.05) is 0 Å². The molecule has 0 bridgehead atoms. The molecule has 0 aliphatic carbocycles. The molecule has 0 saturated carbocycles. The van der Waals surface area contributed by atoms with Gasteiger partial charge in [-0.1, -0.05) is 0 Å². The minimum atomic E-state index is -3.99. The fourth-order valence-corrected chi connectivity index (χ4v) is 0.306. The molecule has 0 unspecified atom stereocenters. The van der Waals surface area contributed by atoms with E-state index in [1.165, 1.54) is 0 Å². The molecule has 6 nitrogen and oxygen atoms in total.